The molecule has 0 bridgehead atoms. The summed E-state index contributed by atoms with van der Waals surface area (Å²) in [6.07, 6.45) is 1.66. The number of hydrogen-bond donors (Lipinski definition) is 0. The van der Waals surface area contributed by atoms with E-state index in [1.807, 2.05) is 0 Å². The zero-order valence-corrected chi connectivity index (χ0v) is 17.0. The Bertz CT molecular complexity index is 772. The average Bonchev–Trinajstić information content (AvgIpc) is 2.68. The Hall–Kier alpha value is -1.19. The maximum atomic E-state index is 13.0. The Kier molecular flexibility index (Phi) is 6.75. The van der Waals surface area contributed by atoms with Crippen LogP contribution in [0.15, 0.2) is 23.1 Å². The van der Waals surface area contributed by atoms with Crippen LogP contribution in [-0.4, -0.2) is 76.6 Å². The predicted octanol–water partition coefficient (Wildman–Crippen LogP) is 1.86. The van der Waals surface area contributed by atoms with Crippen LogP contribution in [0.25, 0.3) is 0 Å². The van der Waals surface area contributed by atoms with Gasteiger partial charge in [0.2, 0.25) is 10.0 Å². The summed E-state index contributed by atoms with van der Waals surface area (Å²) in [5.74, 6) is -0.0588. The van der Waals surface area contributed by atoms with E-state index >= 15 is 0 Å². The van der Waals surface area contributed by atoms with Gasteiger partial charge >= 0.3 is 5.97 Å². The third-order valence-corrected chi connectivity index (χ3v) is 7.55. The molecule has 2 aliphatic rings. The molecule has 9 heteroatoms. The SMILES string of the molecule is COC(=O)c1ccc(S(=O)(=O)N2CCC(CN3CCOCC3)CC2)c(Cl)c1. The molecule has 0 atom stereocenters. The number of sulfonamides is 1. The molecule has 150 valence electrons. The second-order valence-electron chi connectivity index (χ2n) is 6.90. The van der Waals surface area contributed by atoms with Gasteiger partial charge in [-0.15, -0.1) is 0 Å². The fourth-order valence-electron chi connectivity index (χ4n) is 3.58. The van der Waals surface area contributed by atoms with Gasteiger partial charge in [-0.2, -0.15) is 4.31 Å². The van der Waals surface area contributed by atoms with E-state index < -0.39 is 16.0 Å². The second kappa shape index (κ2) is 8.87. The third kappa shape index (κ3) is 4.81. The molecule has 7 nitrogen and oxygen atoms in total. The van der Waals surface area contributed by atoms with E-state index in [2.05, 4.69) is 9.64 Å². The van der Waals surface area contributed by atoms with Crippen molar-refractivity contribution in [1.29, 1.82) is 0 Å². The lowest BCUT2D eigenvalue weighted by Crippen LogP contribution is -2.44. The zero-order valence-electron chi connectivity index (χ0n) is 15.4. The van der Waals surface area contributed by atoms with Crippen molar-refractivity contribution in [1.82, 2.24) is 9.21 Å². The standard InChI is InChI=1S/C18H25ClN2O5S/c1-25-18(22)15-2-3-17(16(19)12-15)27(23,24)21-6-4-14(5-7-21)13-20-8-10-26-11-9-20/h2-3,12,14H,4-11,13H2,1H3. The first-order valence-corrected chi connectivity index (χ1v) is 10.9. The van der Waals surface area contributed by atoms with Gasteiger partial charge in [-0.1, -0.05) is 11.6 Å². The minimum Gasteiger partial charge on any atom is -0.465 e. The summed E-state index contributed by atoms with van der Waals surface area (Å²) >= 11 is 6.16. The smallest absolute Gasteiger partial charge is 0.337 e. The van der Waals surface area contributed by atoms with E-state index in [-0.39, 0.29) is 15.5 Å². The van der Waals surface area contributed by atoms with Crippen LogP contribution in [0.1, 0.15) is 23.2 Å². The molecule has 1 aromatic rings. The topological polar surface area (TPSA) is 76.2 Å². The molecular formula is C18H25ClN2O5S. The quantitative estimate of drug-likeness (QED) is 0.682. The molecule has 0 amide bonds. The predicted molar refractivity (Wildman–Crippen MR) is 102 cm³/mol. The largest absolute Gasteiger partial charge is 0.465 e. The van der Waals surface area contributed by atoms with Crippen molar-refractivity contribution < 1.29 is 22.7 Å². The highest BCUT2D eigenvalue weighted by Crippen LogP contribution is 2.29. The first-order valence-electron chi connectivity index (χ1n) is 9.10. The highest BCUT2D eigenvalue weighted by molar-refractivity contribution is 7.89. The Morgan fingerprint density at radius 1 is 1.22 bits per heavy atom. The summed E-state index contributed by atoms with van der Waals surface area (Å²) in [5, 5.41) is 0.0355. The van der Waals surface area contributed by atoms with Crippen molar-refractivity contribution in [2.24, 2.45) is 5.92 Å². The van der Waals surface area contributed by atoms with Crippen molar-refractivity contribution in [3.63, 3.8) is 0 Å². The second-order valence-corrected chi connectivity index (χ2v) is 9.21. The van der Waals surface area contributed by atoms with Crippen LogP contribution < -0.4 is 0 Å². The lowest BCUT2D eigenvalue weighted by atomic mass is 9.97. The summed E-state index contributed by atoms with van der Waals surface area (Å²) in [7, 11) is -2.42. The minimum absolute atomic E-state index is 0.0310. The molecule has 2 heterocycles. The first kappa shape index (κ1) is 20.5. The molecule has 27 heavy (non-hydrogen) atoms. The van der Waals surface area contributed by atoms with Crippen molar-refractivity contribution in [2.45, 2.75) is 17.7 Å². The molecule has 0 N–H and O–H groups in total. The molecule has 0 radical (unpaired) electrons. The molecule has 2 aliphatic heterocycles. The number of benzene rings is 1. The molecule has 0 unspecified atom stereocenters. The van der Waals surface area contributed by atoms with Crippen molar-refractivity contribution >= 4 is 27.6 Å². The maximum Gasteiger partial charge on any atom is 0.337 e. The molecular weight excluding hydrogens is 392 g/mol. The summed E-state index contributed by atoms with van der Waals surface area (Å²) < 4.78 is 37.4. The van der Waals surface area contributed by atoms with Gasteiger partial charge in [0, 0.05) is 32.7 Å². The highest BCUT2D eigenvalue weighted by atomic mass is 35.5. The fourth-order valence-corrected chi connectivity index (χ4v) is 5.56. The van der Waals surface area contributed by atoms with Gasteiger partial charge in [-0.3, -0.25) is 4.90 Å². The number of piperidine rings is 1. The van der Waals surface area contributed by atoms with Crippen LogP contribution in [0, 0.1) is 5.92 Å². The number of halogens is 1. The van der Waals surface area contributed by atoms with E-state index in [0.717, 1.165) is 45.7 Å². The normalized spacial score (nSPS) is 20.5. The van der Waals surface area contributed by atoms with Crippen molar-refractivity contribution in [3.05, 3.63) is 28.8 Å². The van der Waals surface area contributed by atoms with E-state index in [1.165, 1.54) is 29.6 Å². The number of nitrogens with zero attached hydrogens (tertiary/aromatic N) is 2. The van der Waals surface area contributed by atoms with E-state index in [0.29, 0.717) is 19.0 Å². The maximum absolute atomic E-state index is 13.0. The third-order valence-electron chi connectivity index (χ3n) is 5.16. The number of carbonyl (C=O) groups is 1. The first-order chi connectivity index (χ1) is 12.9. The van der Waals surface area contributed by atoms with Crippen molar-refractivity contribution in [2.75, 3.05) is 53.0 Å². The average molecular weight is 417 g/mol. The number of rotatable bonds is 5. The molecule has 1 aromatic carbocycles. The van der Waals surface area contributed by atoms with Gasteiger partial charge < -0.3 is 9.47 Å². The minimum atomic E-state index is -3.68. The molecule has 0 aromatic heterocycles. The summed E-state index contributed by atoms with van der Waals surface area (Å²) in [6.45, 7) is 5.38. The van der Waals surface area contributed by atoms with Gasteiger partial charge in [0.25, 0.3) is 0 Å². The van der Waals surface area contributed by atoms with E-state index in [1.54, 1.807) is 0 Å². The fraction of sp³-hybridized carbons (Fsp3) is 0.611. The number of esters is 1. The van der Waals surface area contributed by atoms with Crippen LogP contribution in [0.4, 0.5) is 0 Å². The molecule has 2 saturated heterocycles. The van der Waals surface area contributed by atoms with Crippen molar-refractivity contribution in [3.8, 4) is 0 Å². The molecule has 0 spiro atoms. The van der Waals surface area contributed by atoms with E-state index in [4.69, 9.17) is 16.3 Å². The van der Waals surface area contributed by atoms with Crippen LogP contribution in [0.2, 0.25) is 5.02 Å². The van der Waals surface area contributed by atoms with Crippen LogP contribution >= 0.6 is 11.6 Å². The monoisotopic (exact) mass is 416 g/mol. The van der Waals surface area contributed by atoms with Gasteiger partial charge in [-0.25, -0.2) is 13.2 Å². The zero-order chi connectivity index (χ0) is 19.4. The lowest BCUT2D eigenvalue weighted by molar-refractivity contribution is 0.0269. The number of morpholine rings is 1. The van der Waals surface area contributed by atoms with Gasteiger partial charge in [-0.05, 0) is 37.0 Å². The summed E-state index contributed by atoms with van der Waals surface area (Å²) in [4.78, 5) is 14.0. The number of ether oxygens (including phenoxy) is 2. The molecule has 3 rings (SSSR count). The molecule has 0 aliphatic carbocycles. The van der Waals surface area contributed by atoms with Crippen LogP contribution in [0.3, 0.4) is 0 Å². The molecule has 0 saturated carbocycles. The summed E-state index contributed by atoms with van der Waals surface area (Å²) in [6, 6.07) is 4.14. The summed E-state index contributed by atoms with van der Waals surface area (Å²) in [5.41, 5.74) is 0.227. The Labute approximate surface area is 165 Å². The Morgan fingerprint density at radius 2 is 1.89 bits per heavy atom. The molecule has 2 fully saturated rings. The number of methoxy groups -OCH3 is 1. The number of hydrogen-bond acceptors (Lipinski definition) is 6. The van der Waals surface area contributed by atoms with E-state index in [9.17, 15) is 13.2 Å². The van der Waals surface area contributed by atoms with Crippen LogP contribution in [-0.2, 0) is 19.5 Å². The Balaban J connectivity index is 1.63. The van der Waals surface area contributed by atoms with Crippen LogP contribution in [0.5, 0.6) is 0 Å². The van der Waals surface area contributed by atoms with Gasteiger partial charge in [0.05, 0.1) is 30.9 Å². The van der Waals surface area contributed by atoms with Gasteiger partial charge in [0.1, 0.15) is 4.90 Å². The lowest BCUT2D eigenvalue weighted by Gasteiger charge is -2.35. The van der Waals surface area contributed by atoms with Gasteiger partial charge in [0.15, 0.2) is 0 Å². The number of carbonyl (C=O) groups excluding carboxylic acids is 1. The Morgan fingerprint density at radius 3 is 2.48 bits per heavy atom. The highest BCUT2D eigenvalue weighted by Gasteiger charge is 2.32.